The van der Waals surface area contributed by atoms with Crippen LogP contribution in [0.15, 0.2) is 0 Å². The molecule has 0 radical (unpaired) electrons. The van der Waals surface area contributed by atoms with Gasteiger partial charge in [-0.15, -0.1) is 0 Å². The van der Waals surface area contributed by atoms with Crippen LogP contribution >= 0.6 is 0 Å². The van der Waals surface area contributed by atoms with Crippen LogP contribution < -0.4 is 0 Å². The first kappa shape index (κ1) is 22.7. The highest BCUT2D eigenvalue weighted by Gasteiger charge is 2.05. The number of hydrogen-bond acceptors (Lipinski definition) is 7. The Kier molecular flexibility index (Phi) is 19.5. The van der Waals surface area contributed by atoms with E-state index in [0.717, 1.165) is 32.7 Å². The quantitative estimate of drug-likeness (QED) is 0.321. The topological polar surface area (TPSA) is 58.6 Å². The first-order chi connectivity index (χ1) is 11.3. The van der Waals surface area contributed by atoms with Crippen LogP contribution in [-0.4, -0.2) is 105 Å². The fourth-order valence-electron chi connectivity index (χ4n) is 1.85. The lowest BCUT2D eigenvalue weighted by molar-refractivity contribution is 0.0327. The van der Waals surface area contributed by atoms with Gasteiger partial charge in [0.25, 0.3) is 0 Å². The molecule has 0 fully saturated rings. The van der Waals surface area contributed by atoms with Gasteiger partial charge in [0.2, 0.25) is 0 Å². The van der Waals surface area contributed by atoms with Crippen molar-refractivity contribution in [2.75, 3.05) is 100 Å². The van der Waals surface area contributed by atoms with Crippen LogP contribution in [0.4, 0.5) is 0 Å². The van der Waals surface area contributed by atoms with Gasteiger partial charge in [0.05, 0.1) is 52.9 Å². The number of methoxy groups -OCH3 is 3. The molecule has 23 heavy (non-hydrogen) atoms. The molecule has 0 aromatic carbocycles. The Balaban J connectivity index is 3.73. The summed E-state index contributed by atoms with van der Waals surface area (Å²) in [6, 6.07) is 0. The van der Waals surface area contributed by atoms with Gasteiger partial charge >= 0.3 is 0 Å². The van der Waals surface area contributed by atoms with E-state index in [-0.39, 0.29) is 0 Å². The summed E-state index contributed by atoms with van der Waals surface area (Å²) in [5.74, 6) is 0. The molecular weight excluding hydrogens is 302 g/mol. The maximum atomic E-state index is 5.53. The van der Waals surface area contributed by atoms with E-state index in [0.29, 0.717) is 52.9 Å². The number of ether oxygens (including phenoxy) is 6. The Bertz CT molecular complexity index is 207. The second kappa shape index (κ2) is 19.8. The highest BCUT2D eigenvalue weighted by molar-refractivity contribution is 4.57. The molecule has 0 aromatic heterocycles. The lowest BCUT2D eigenvalue weighted by Gasteiger charge is -2.22. The van der Waals surface area contributed by atoms with Crippen LogP contribution in [0.2, 0.25) is 0 Å². The molecule has 0 amide bonds. The van der Waals surface area contributed by atoms with Crippen LogP contribution in [0.3, 0.4) is 0 Å². The van der Waals surface area contributed by atoms with E-state index < -0.39 is 0 Å². The van der Waals surface area contributed by atoms with Crippen LogP contribution in [-0.2, 0) is 28.4 Å². The second-order valence-electron chi connectivity index (χ2n) is 5.01. The number of nitrogens with zero attached hydrogens (tertiary/aromatic N) is 1. The Morgan fingerprint density at radius 3 is 1.35 bits per heavy atom. The van der Waals surface area contributed by atoms with Gasteiger partial charge in [0.1, 0.15) is 0 Å². The van der Waals surface area contributed by atoms with Crippen molar-refractivity contribution in [3.8, 4) is 0 Å². The summed E-state index contributed by atoms with van der Waals surface area (Å²) < 4.78 is 31.4. The van der Waals surface area contributed by atoms with Crippen LogP contribution in [0.25, 0.3) is 0 Å². The molecule has 0 saturated carbocycles. The first-order valence-electron chi connectivity index (χ1n) is 8.27. The summed E-state index contributed by atoms with van der Waals surface area (Å²) in [6.45, 7) is 8.71. The van der Waals surface area contributed by atoms with Crippen molar-refractivity contribution in [3.05, 3.63) is 0 Å². The highest BCUT2D eigenvalue weighted by Crippen LogP contribution is 1.95. The molecule has 0 atom stereocenters. The summed E-state index contributed by atoms with van der Waals surface area (Å²) in [5, 5.41) is 0. The van der Waals surface area contributed by atoms with Crippen molar-refractivity contribution in [2.45, 2.75) is 6.42 Å². The highest BCUT2D eigenvalue weighted by atomic mass is 16.5. The predicted molar refractivity (Wildman–Crippen MR) is 89.1 cm³/mol. The normalized spacial score (nSPS) is 11.5. The average molecular weight is 337 g/mol. The zero-order valence-corrected chi connectivity index (χ0v) is 15.1. The summed E-state index contributed by atoms with van der Waals surface area (Å²) in [5.41, 5.74) is 0. The van der Waals surface area contributed by atoms with E-state index in [9.17, 15) is 0 Å². The average Bonchev–Trinajstić information content (AvgIpc) is 2.56. The molecule has 140 valence electrons. The minimum Gasteiger partial charge on any atom is -0.382 e. The Hall–Kier alpha value is -0.280. The predicted octanol–water partition coefficient (Wildman–Crippen LogP) is 0.668. The zero-order chi connectivity index (χ0) is 17.0. The van der Waals surface area contributed by atoms with Crippen LogP contribution in [0.5, 0.6) is 0 Å². The number of rotatable bonds is 19. The van der Waals surface area contributed by atoms with Gasteiger partial charge in [-0.3, -0.25) is 4.90 Å². The third kappa shape index (κ3) is 17.9. The van der Waals surface area contributed by atoms with Crippen LogP contribution in [0.1, 0.15) is 6.42 Å². The Morgan fingerprint density at radius 2 is 0.913 bits per heavy atom. The molecule has 0 spiro atoms. The standard InChI is InChI=1S/C16H35NO6/c1-18-11-14-21-8-4-5-17(6-9-22-15-12-19-2)7-10-23-16-13-20-3/h4-16H2,1-3H3. The maximum Gasteiger partial charge on any atom is 0.0700 e. The van der Waals surface area contributed by atoms with E-state index in [2.05, 4.69) is 4.90 Å². The van der Waals surface area contributed by atoms with Crippen molar-refractivity contribution in [3.63, 3.8) is 0 Å². The SMILES string of the molecule is COCCOCCCN(CCOCCOC)CCOCCOC. The van der Waals surface area contributed by atoms with Crippen molar-refractivity contribution in [2.24, 2.45) is 0 Å². The zero-order valence-electron chi connectivity index (χ0n) is 15.1. The van der Waals surface area contributed by atoms with E-state index in [1.165, 1.54) is 0 Å². The lowest BCUT2D eigenvalue weighted by atomic mass is 10.4. The van der Waals surface area contributed by atoms with Crippen molar-refractivity contribution < 1.29 is 28.4 Å². The molecule has 0 aliphatic heterocycles. The second-order valence-corrected chi connectivity index (χ2v) is 5.01. The van der Waals surface area contributed by atoms with E-state index >= 15 is 0 Å². The van der Waals surface area contributed by atoms with Gasteiger partial charge in [-0.05, 0) is 6.42 Å². The maximum absolute atomic E-state index is 5.53. The Labute approximate surface area is 141 Å². The van der Waals surface area contributed by atoms with Crippen molar-refractivity contribution in [1.29, 1.82) is 0 Å². The third-order valence-electron chi connectivity index (χ3n) is 3.16. The fraction of sp³-hybridized carbons (Fsp3) is 1.00. The van der Waals surface area contributed by atoms with E-state index in [1.54, 1.807) is 21.3 Å². The number of hydrogen-bond donors (Lipinski definition) is 0. The minimum atomic E-state index is 0.632. The molecule has 0 heterocycles. The molecule has 0 rings (SSSR count). The fourth-order valence-corrected chi connectivity index (χ4v) is 1.85. The van der Waals surface area contributed by atoms with Gasteiger partial charge in [-0.2, -0.15) is 0 Å². The van der Waals surface area contributed by atoms with Crippen molar-refractivity contribution >= 4 is 0 Å². The summed E-state index contributed by atoms with van der Waals surface area (Å²) in [6.07, 6.45) is 0.986. The smallest absolute Gasteiger partial charge is 0.0700 e. The molecule has 7 nitrogen and oxygen atoms in total. The molecule has 0 bridgehead atoms. The van der Waals surface area contributed by atoms with Gasteiger partial charge in [-0.1, -0.05) is 0 Å². The molecule has 0 unspecified atom stereocenters. The van der Waals surface area contributed by atoms with E-state index in [4.69, 9.17) is 28.4 Å². The summed E-state index contributed by atoms with van der Waals surface area (Å²) >= 11 is 0. The molecule has 0 aliphatic carbocycles. The molecule has 0 N–H and O–H groups in total. The van der Waals surface area contributed by atoms with Crippen molar-refractivity contribution in [1.82, 2.24) is 4.90 Å². The Morgan fingerprint density at radius 1 is 0.478 bits per heavy atom. The molecule has 7 heteroatoms. The van der Waals surface area contributed by atoms with E-state index in [1.807, 2.05) is 0 Å². The van der Waals surface area contributed by atoms with Gasteiger partial charge in [0, 0.05) is 47.6 Å². The lowest BCUT2D eigenvalue weighted by Crippen LogP contribution is -2.33. The van der Waals surface area contributed by atoms with Gasteiger partial charge in [0.15, 0.2) is 0 Å². The summed E-state index contributed by atoms with van der Waals surface area (Å²) in [7, 11) is 5.03. The molecular formula is C16H35NO6. The third-order valence-corrected chi connectivity index (χ3v) is 3.16. The molecule has 0 aromatic rings. The molecule has 0 saturated heterocycles. The monoisotopic (exact) mass is 337 g/mol. The summed E-state index contributed by atoms with van der Waals surface area (Å²) in [4.78, 5) is 2.33. The van der Waals surface area contributed by atoms with Gasteiger partial charge < -0.3 is 28.4 Å². The minimum absolute atomic E-state index is 0.632. The molecule has 0 aliphatic rings. The largest absolute Gasteiger partial charge is 0.382 e. The first-order valence-corrected chi connectivity index (χ1v) is 8.27. The van der Waals surface area contributed by atoms with Gasteiger partial charge in [-0.25, -0.2) is 0 Å². The van der Waals surface area contributed by atoms with Crippen LogP contribution in [0, 0.1) is 0 Å².